The number of carboxylic acids is 1. The number of halogens is 1. The lowest BCUT2D eigenvalue weighted by Crippen LogP contribution is -2.95. The number of carbonyl (C=O) groups excluding carboxylic acids is 2. The second-order valence-electron chi connectivity index (χ2n) is 10.7. The third-order valence-electron chi connectivity index (χ3n) is 6.61. The van der Waals surface area contributed by atoms with Crippen LogP contribution in [0.15, 0.2) is 24.3 Å². The molecule has 1 amide bonds. The Bertz CT molecular complexity index is 735. The topological polar surface area (TPSA) is 86.3 Å². The van der Waals surface area contributed by atoms with E-state index >= 15 is 0 Å². The molecule has 0 spiro atoms. The summed E-state index contributed by atoms with van der Waals surface area (Å²) in [5, 5.41) is 14.0. The summed E-state index contributed by atoms with van der Waals surface area (Å²) < 4.78 is 18.0. The van der Waals surface area contributed by atoms with Gasteiger partial charge in [-0.25, -0.2) is 9.18 Å². The van der Waals surface area contributed by atoms with Gasteiger partial charge in [0.05, 0.1) is 24.1 Å². The van der Waals surface area contributed by atoms with E-state index in [0.717, 1.165) is 17.0 Å². The molecule has 0 aromatic heterocycles. The van der Waals surface area contributed by atoms with E-state index < -0.39 is 29.5 Å². The number of rotatable bonds is 6. The summed E-state index contributed by atoms with van der Waals surface area (Å²) in [6.45, 7) is 5.06. The van der Waals surface area contributed by atoms with Crippen molar-refractivity contribution >= 4 is 12.1 Å². The Labute approximate surface area is 204 Å². The number of amides is 1. The van der Waals surface area contributed by atoms with Gasteiger partial charge in [0, 0.05) is 7.05 Å². The van der Waals surface area contributed by atoms with Gasteiger partial charge >= 0.3 is 6.09 Å². The molecule has 2 fully saturated rings. The minimum absolute atomic E-state index is 0.0123. The van der Waals surface area contributed by atoms with Crippen molar-refractivity contribution in [1.82, 2.24) is 4.90 Å². The number of nitrogens with two attached hydrogens (primary N) is 1. The number of benzene rings is 1. The molecule has 7 heteroatoms. The van der Waals surface area contributed by atoms with Crippen molar-refractivity contribution in [3.05, 3.63) is 35.6 Å². The number of aliphatic carboxylic acids is 1. The quantitative estimate of drug-likeness (QED) is 0.677. The third-order valence-corrected chi connectivity index (χ3v) is 6.61. The summed E-state index contributed by atoms with van der Waals surface area (Å²) in [6, 6.07) is 6.20. The Morgan fingerprint density at radius 3 is 1.88 bits per heavy atom. The molecule has 0 radical (unpaired) electrons. The van der Waals surface area contributed by atoms with Crippen molar-refractivity contribution < 1.29 is 29.1 Å². The number of ether oxygens (including phenoxy) is 1. The Kier molecular flexibility index (Phi) is 11.3. The monoisotopic (exact) mass is 478 g/mol. The minimum atomic E-state index is -1.40. The Balaban J connectivity index is 0.000000266. The normalized spacial score (nSPS) is 18.4. The average Bonchev–Trinajstić information content (AvgIpc) is 2.79. The van der Waals surface area contributed by atoms with Crippen LogP contribution in [0.25, 0.3) is 0 Å². The molecule has 1 aromatic carbocycles. The van der Waals surface area contributed by atoms with Crippen LogP contribution in [0.3, 0.4) is 0 Å². The smallest absolute Gasteiger partial charge is 0.410 e. The first-order valence-electron chi connectivity index (χ1n) is 12.8. The average molecular weight is 479 g/mol. The Morgan fingerprint density at radius 1 is 1.00 bits per heavy atom. The van der Waals surface area contributed by atoms with E-state index in [4.69, 9.17) is 4.74 Å². The third kappa shape index (κ3) is 10.4. The lowest BCUT2D eigenvalue weighted by molar-refractivity contribution is -0.725. The molecule has 0 aliphatic heterocycles. The van der Waals surface area contributed by atoms with Gasteiger partial charge in [-0.1, -0.05) is 25.0 Å². The summed E-state index contributed by atoms with van der Waals surface area (Å²) in [7, 11) is 1.33. The van der Waals surface area contributed by atoms with Gasteiger partial charge < -0.3 is 24.9 Å². The van der Waals surface area contributed by atoms with Crippen molar-refractivity contribution in [2.24, 2.45) is 0 Å². The molecular weight excluding hydrogens is 435 g/mol. The van der Waals surface area contributed by atoms with Crippen molar-refractivity contribution in [2.75, 3.05) is 7.05 Å². The van der Waals surface area contributed by atoms with Gasteiger partial charge in [0.25, 0.3) is 0 Å². The lowest BCUT2D eigenvalue weighted by atomic mass is 9.91. The van der Waals surface area contributed by atoms with Crippen LogP contribution in [0.2, 0.25) is 0 Å². The van der Waals surface area contributed by atoms with E-state index in [1.165, 1.54) is 95.5 Å². The van der Waals surface area contributed by atoms with Crippen LogP contribution >= 0.6 is 0 Å². The zero-order valence-corrected chi connectivity index (χ0v) is 21.4. The molecule has 0 saturated heterocycles. The van der Waals surface area contributed by atoms with E-state index in [9.17, 15) is 19.1 Å². The molecule has 2 aliphatic carbocycles. The van der Waals surface area contributed by atoms with Crippen molar-refractivity contribution in [3.8, 4) is 0 Å². The zero-order valence-electron chi connectivity index (χ0n) is 21.4. The number of nitrogens with zero attached hydrogens (tertiary/aromatic N) is 1. The second kappa shape index (κ2) is 13.7. The summed E-state index contributed by atoms with van der Waals surface area (Å²) in [5.74, 6) is -1.81. The molecule has 2 aliphatic rings. The van der Waals surface area contributed by atoms with E-state index in [0.29, 0.717) is 5.56 Å². The van der Waals surface area contributed by atoms with Crippen LogP contribution in [-0.4, -0.2) is 47.7 Å². The summed E-state index contributed by atoms with van der Waals surface area (Å²) >= 11 is 0. The lowest BCUT2D eigenvalue weighted by Gasteiger charge is -2.31. The van der Waals surface area contributed by atoms with Gasteiger partial charge in [-0.05, 0) is 96.3 Å². The molecule has 0 heterocycles. The highest BCUT2D eigenvalue weighted by atomic mass is 19.1. The predicted octanol–water partition coefficient (Wildman–Crippen LogP) is 3.57. The van der Waals surface area contributed by atoms with Gasteiger partial charge in [-0.2, -0.15) is 0 Å². The summed E-state index contributed by atoms with van der Waals surface area (Å²) in [6.07, 6.45) is 14.2. The van der Waals surface area contributed by atoms with Crippen LogP contribution < -0.4 is 10.4 Å². The van der Waals surface area contributed by atoms with Crippen molar-refractivity contribution in [2.45, 2.75) is 115 Å². The molecule has 6 nitrogen and oxygen atoms in total. The largest absolute Gasteiger partial charge is 0.548 e. The van der Waals surface area contributed by atoms with Crippen LogP contribution in [0.1, 0.15) is 90.5 Å². The fourth-order valence-electron chi connectivity index (χ4n) is 4.72. The summed E-state index contributed by atoms with van der Waals surface area (Å²) in [5.41, 5.74) is -0.140. The maximum atomic E-state index is 12.8. The number of likely N-dealkylation sites (N-methyl/N-ethyl adjacent to an activating group) is 1. The summed E-state index contributed by atoms with van der Waals surface area (Å²) in [4.78, 5) is 24.1. The maximum absolute atomic E-state index is 12.8. The highest BCUT2D eigenvalue weighted by Crippen LogP contribution is 2.18. The van der Waals surface area contributed by atoms with Crippen molar-refractivity contribution in [1.29, 1.82) is 0 Å². The first-order chi connectivity index (χ1) is 16.0. The number of hydrogen-bond donors (Lipinski definition) is 1. The van der Waals surface area contributed by atoms with Crippen LogP contribution in [0.4, 0.5) is 9.18 Å². The number of quaternary nitrogens is 1. The first-order valence-corrected chi connectivity index (χ1v) is 12.8. The molecule has 2 saturated carbocycles. The SMILES string of the molecule is C1CCC([NH2+]C2CCCCC2)CC1.CN(C(=O)OC(C)(C)C)[C@H](Cc1ccc(F)cc1)C(=O)[O-]. The van der Waals surface area contributed by atoms with Gasteiger partial charge in [0.2, 0.25) is 0 Å². The van der Waals surface area contributed by atoms with Gasteiger partial charge in [-0.15, -0.1) is 0 Å². The van der Waals surface area contributed by atoms with E-state index in [1.54, 1.807) is 20.8 Å². The molecule has 1 atom stereocenters. The van der Waals surface area contributed by atoms with Crippen molar-refractivity contribution in [3.63, 3.8) is 0 Å². The second-order valence-corrected chi connectivity index (χ2v) is 10.7. The molecular formula is C27H43FN2O4. The van der Waals surface area contributed by atoms with E-state index in [-0.39, 0.29) is 6.42 Å². The van der Waals surface area contributed by atoms with Gasteiger partial charge in [-0.3, -0.25) is 0 Å². The van der Waals surface area contributed by atoms with Crippen LogP contribution in [-0.2, 0) is 16.0 Å². The minimum Gasteiger partial charge on any atom is -0.548 e. The highest BCUT2D eigenvalue weighted by molar-refractivity contribution is 5.79. The Morgan fingerprint density at radius 2 is 1.47 bits per heavy atom. The molecule has 3 rings (SSSR count). The maximum Gasteiger partial charge on any atom is 0.410 e. The highest BCUT2D eigenvalue weighted by Gasteiger charge is 2.26. The fraction of sp³-hybridized carbons (Fsp3) is 0.704. The standard InChI is InChI=1S/C15H20FNO4.C12H23N/c1-15(2,3)21-14(20)17(4)12(13(18)19)9-10-5-7-11(16)8-6-10;1-3-7-11(8-4-1)13-12-9-5-2-6-10-12/h5-8,12H,9H2,1-4H3,(H,18,19);11-13H,1-10H2/t12-;/m1./s1. The van der Waals surface area contributed by atoms with Crippen LogP contribution in [0.5, 0.6) is 0 Å². The fourth-order valence-corrected chi connectivity index (χ4v) is 4.72. The first kappa shape index (κ1) is 28.1. The molecule has 34 heavy (non-hydrogen) atoms. The van der Waals surface area contributed by atoms with Crippen LogP contribution in [0, 0.1) is 5.82 Å². The molecule has 2 N–H and O–H groups in total. The zero-order chi connectivity index (χ0) is 25.1. The number of carbonyl (C=O) groups is 2. The Hall–Kier alpha value is -2.15. The predicted molar refractivity (Wildman–Crippen MR) is 129 cm³/mol. The molecule has 1 aromatic rings. The number of carboxylic acid groups (broad SMARTS) is 1. The molecule has 0 unspecified atom stereocenters. The van der Waals surface area contributed by atoms with Gasteiger partial charge in [0.1, 0.15) is 11.4 Å². The van der Waals surface area contributed by atoms with E-state index in [2.05, 4.69) is 5.32 Å². The van der Waals surface area contributed by atoms with Gasteiger partial charge in [0.15, 0.2) is 0 Å². The van der Waals surface area contributed by atoms with E-state index in [1.807, 2.05) is 0 Å². The molecule has 0 bridgehead atoms. The molecule has 192 valence electrons. The number of hydrogen-bond acceptors (Lipinski definition) is 4.